The average molecular weight is 340 g/mol. The quantitative estimate of drug-likeness (QED) is 0.235. The van der Waals surface area contributed by atoms with Crippen LogP contribution in [0.25, 0.3) is 0 Å². The molecule has 0 amide bonds. The molecule has 0 atom stereocenters. The highest BCUT2D eigenvalue weighted by molar-refractivity contribution is 7.98. The van der Waals surface area contributed by atoms with Crippen molar-refractivity contribution in [2.75, 3.05) is 13.2 Å². The van der Waals surface area contributed by atoms with Crippen molar-refractivity contribution in [3.8, 4) is 0 Å². The van der Waals surface area contributed by atoms with E-state index in [2.05, 4.69) is 4.40 Å². The third kappa shape index (κ3) is 6.47. The van der Waals surface area contributed by atoms with E-state index in [4.69, 9.17) is 9.47 Å². The van der Waals surface area contributed by atoms with Crippen molar-refractivity contribution in [1.82, 2.24) is 0 Å². The topological polar surface area (TPSA) is 108 Å². The van der Waals surface area contributed by atoms with Crippen molar-refractivity contribution in [2.24, 2.45) is 4.40 Å². The third-order valence-electron chi connectivity index (χ3n) is 2.44. The van der Waals surface area contributed by atoms with Crippen LogP contribution in [0.4, 0.5) is 5.69 Å². The van der Waals surface area contributed by atoms with Gasteiger partial charge in [0.25, 0.3) is 5.69 Å². The van der Waals surface area contributed by atoms with E-state index in [-0.39, 0.29) is 31.0 Å². The molecule has 0 aromatic heterocycles. The molecule has 1 aromatic carbocycles. The molecule has 0 spiro atoms. The Morgan fingerprint density at radius 2 is 1.78 bits per heavy atom. The van der Waals surface area contributed by atoms with E-state index in [1.54, 1.807) is 13.8 Å². The van der Waals surface area contributed by atoms with Crippen LogP contribution in [0.15, 0.2) is 33.6 Å². The smallest absolute Gasteiger partial charge is 0.353 e. The zero-order chi connectivity index (χ0) is 17.2. The Balaban J connectivity index is 2.83. The molecule has 0 heterocycles. The van der Waals surface area contributed by atoms with E-state index in [0.717, 1.165) is 11.9 Å². The van der Waals surface area contributed by atoms with Crippen molar-refractivity contribution in [1.29, 1.82) is 0 Å². The number of nitro benzene ring substituents is 1. The molecule has 0 N–H and O–H groups in total. The second-order valence-corrected chi connectivity index (χ2v) is 4.92. The van der Waals surface area contributed by atoms with Crippen LogP contribution in [0.5, 0.6) is 0 Å². The van der Waals surface area contributed by atoms with Crippen LogP contribution in [0.3, 0.4) is 0 Å². The van der Waals surface area contributed by atoms with Crippen LogP contribution in [-0.4, -0.2) is 35.8 Å². The predicted molar refractivity (Wildman–Crippen MR) is 84.3 cm³/mol. The van der Waals surface area contributed by atoms with Gasteiger partial charge in [-0.15, -0.1) is 0 Å². The zero-order valence-electron chi connectivity index (χ0n) is 12.7. The van der Waals surface area contributed by atoms with E-state index in [9.17, 15) is 19.7 Å². The molecule has 1 aromatic rings. The first-order valence-electron chi connectivity index (χ1n) is 6.79. The second-order valence-electron chi connectivity index (χ2n) is 4.08. The average Bonchev–Trinajstić information content (AvgIpc) is 2.52. The van der Waals surface area contributed by atoms with Crippen molar-refractivity contribution >= 4 is 35.3 Å². The van der Waals surface area contributed by atoms with Crippen LogP contribution in [0, 0.1) is 10.1 Å². The second kappa shape index (κ2) is 9.57. The maximum atomic E-state index is 11.8. The number of carbonyl (C=O) groups excluding carboxylic acids is 2. The van der Waals surface area contributed by atoms with Crippen molar-refractivity contribution in [3.05, 3.63) is 34.4 Å². The van der Waals surface area contributed by atoms with E-state index < -0.39 is 16.9 Å². The summed E-state index contributed by atoms with van der Waals surface area (Å²) in [4.78, 5) is 33.9. The molecule has 0 fully saturated rings. The zero-order valence-corrected chi connectivity index (χ0v) is 13.5. The van der Waals surface area contributed by atoms with Gasteiger partial charge in [-0.2, -0.15) is 0 Å². The SMILES string of the molecule is CCOC(=O)C/C(=N\Sc1ccc([N+](=O)[O-])cc1)C(=O)OCC. The number of nitro groups is 1. The van der Waals surface area contributed by atoms with Crippen LogP contribution in [0.1, 0.15) is 20.3 Å². The van der Waals surface area contributed by atoms with E-state index in [0.29, 0.717) is 4.90 Å². The summed E-state index contributed by atoms with van der Waals surface area (Å²) >= 11 is 0.920. The molecule has 0 saturated heterocycles. The van der Waals surface area contributed by atoms with E-state index in [1.165, 1.54) is 24.3 Å². The minimum atomic E-state index is -0.699. The Bertz CT molecular complexity index is 600. The van der Waals surface area contributed by atoms with Gasteiger partial charge < -0.3 is 9.47 Å². The predicted octanol–water partition coefficient (Wildman–Crippen LogP) is 2.56. The summed E-state index contributed by atoms with van der Waals surface area (Å²) in [6.45, 7) is 3.65. The first-order chi connectivity index (χ1) is 11.0. The first-order valence-corrected chi connectivity index (χ1v) is 7.56. The Hall–Kier alpha value is -2.42. The van der Waals surface area contributed by atoms with Gasteiger partial charge in [0, 0.05) is 29.0 Å². The lowest BCUT2D eigenvalue weighted by Crippen LogP contribution is -2.21. The fraction of sp³-hybridized carbons (Fsp3) is 0.357. The van der Waals surface area contributed by atoms with Crippen LogP contribution in [-0.2, 0) is 19.1 Å². The van der Waals surface area contributed by atoms with Crippen molar-refractivity contribution in [3.63, 3.8) is 0 Å². The molecule has 0 aliphatic heterocycles. The summed E-state index contributed by atoms with van der Waals surface area (Å²) in [6, 6.07) is 5.65. The minimum absolute atomic E-state index is 0.0459. The van der Waals surface area contributed by atoms with E-state index >= 15 is 0 Å². The highest BCUT2D eigenvalue weighted by Gasteiger charge is 2.18. The maximum Gasteiger partial charge on any atom is 0.353 e. The molecule has 8 nitrogen and oxygen atoms in total. The molecule has 23 heavy (non-hydrogen) atoms. The summed E-state index contributed by atoms with van der Waals surface area (Å²) in [5.74, 6) is -1.28. The fourth-order valence-electron chi connectivity index (χ4n) is 1.44. The normalized spacial score (nSPS) is 11.0. The van der Waals surface area contributed by atoms with Crippen LogP contribution < -0.4 is 0 Å². The van der Waals surface area contributed by atoms with Gasteiger partial charge in [0.2, 0.25) is 0 Å². The number of hydrogen-bond donors (Lipinski definition) is 0. The number of rotatable bonds is 8. The standard InChI is InChI=1S/C14H16N2O6S/c1-3-21-13(17)9-12(14(18)22-4-2)15-23-11-7-5-10(6-8-11)16(19)20/h5-8H,3-4,9H2,1-2H3/b15-12+. The van der Waals surface area contributed by atoms with E-state index in [1.807, 2.05) is 0 Å². The molecule has 0 aliphatic carbocycles. The number of non-ortho nitro benzene ring substituents is 1. The Morgan fingerprint density at radius 3 is 2.30 bits per heavy atom. The lowest BCUT2D eigenvalue weighted by molar-refractivity contribution is -0.384. The van der Waals surface area contributed by atoms with Gasteiger partial charge in [0.15, 0.2) is 0 Å². The van der Waals surface area contributed by atoms with Crippen molar-refractivity contribution < 1.29 is 24.0 Å². The van der Waals surface area contributed by atoms with Gasteiger partial charge in [-0.05, 0) is 26.0 Å². The lowest BCUT2D eigenvalue weighted by Gasteiger charge is -2.05. The minimum Gasteiger partial charge on any atom is -0.466 e. The molecule has 0 radical (unpaired) electrons. The number of benzene rings is 1. The summed E-state index contributed by atoms with van der Waals surface area (Å²) < 4.78 is 13.6. The molecule has 0 saturated carbocycles. The summed E-state index contributed by atoms with van der Waals surface area (Å²) in [7, 11) is 0. The molecule has 0 bridgehead atoms. The summed E-state index contributed by atoms with van der Waals surface area (Å²) in [6.07, 6.45) is -0.299. The molecule has 124 valence electrons. The van der Waals surface area contributed by atoms with Crippen LogP contribution in [0.2, 0.25) is 0 Å². The summed E-state index contributed by atoms with van der Waals surface area (Å²) in [5.41, 5.74) is -0.121. The third-order valence-corrected chi connectivity index (χ3v) is 3.23. The summed E-state index contributed by atoms with van der Waals surface area (Å²) in [5, 5.41) is 10.6. The van der Waals surface area contributed by atoms with Crippen molar-refractivity contribution in [2.45, 2.75) is 25.2 Å². The molecule has 0 unspecified atom stereocenters. The largest absolute Gasteiger partial charge is 0.466 e. The molecule has 0 aliphatic rings. The van der Waals surface area contributed by atoms with Gasteiger partial charge in [-0.25, -0.2) is 9.19 Å². The van der Waals surface area contributed by atoms with Gasteiger partial charge in [-0.3, -0.25) is 14.9 Å². The van der Waals surface area contributed by atoms with Gasteiger partial charge in [0.05, 0.1) is 24.6 Å². The Morgan fingerprint density at radius 1 is 1.17 bits per heavy atom. The van der Waals surface area contributed by atoms with Gasteiger partial charge >= 0.3 is 11.9 Å². The Kier molecular flexibility index (Phi) is 7.75. The van der Waals surface area contributed by atoms with Gasteiger partial charge in [-0.1, -0.05) is 0 Å². The number of ether oxygens (including phenoxy) is 2. The lowest BCUT2D eigenvalue weighted by atomic mass is 10.3. The molecule has 9 heteroatoms. The molecule has 1 rings (SSSR count). The van der Waals surface area contributed by atoms with Crippen LogP contribution >= 0.6 is 11.9 Å². The number of nitrogens with zero attached hydrogens (tertiary/aromatic N) is 2. The highest BCUT2D eigenvalue weighted by Crippen LogP contribution is 2.23. The fourth-order valence-corrected chi connectivity index (χ4v) is 2.05. The van der Waals surface area contributed by atoms with Gasteiger partial charge in [0.1, 0.15) is 5.71 Å². The monoisotopic (exact) mass is 340 g/mol. The number of esters is 2. The molecular weight excluding hydrogens is 324 g/mol. The maximum absolute atomic E-state index is 11.8. The number of hydrogen-bond acceptors (Lipinski definition) is 8. The number of carbonyl (C=O) groups is 2. The highest BCUT2D eigenvalue weighted by atomic mass is 32.2. The molecular formula is C14H16N2O6S. The Labute approximate surface area is 137 Å². The first kappa shape index (κ1) is 18.6.